The molecule has 138 valence electrons. The highest BCUT2D eigenvalue weighted by molar-refractivity contribution is 6.11. The Morgan fingerprint density at radius 2 is 1.26 bits per heavy atom. The summed E-state index contributed by atoms with van der Waals surface area (Å²) in [5.74, 6) is 2.74. The Morgan fingerprint density at radius 3 is 1.74 bits per heavy atom. The van der Waals surface area contributed by atoms with E-state index in [1.807, 2.05) is 0 Å². The summed E-state index contributed by atoms with van der Waals surface area (Å²) in [6, 6.07) is 8.94. The van der Waals surface area contributed by atoms with Crippen molar-refractivity contribution in [3.63, 3.8) is 0 Å². The molecule has 3 saturated carbocycles. The van der Waals surface area contributed by atoms with Crippen LogP contribution in [0.1, 0.15) is 68.9 Å². The first-order chi connectivity index (χ1) is 12.9. The van der Waals surface area contributed by atoms with Crippen molar-refractivity contribution in [2.45, 2.75) is 57.8 Å². The SMILES string of the molecule is CC1(C)CC(=O)C2(CC3=C[C@@H]4[C@H](C=C3C2)[C@@H]2C[C@H]4c3ccccc32)C(=O)C1. The van der Waals surface area contributed by atoms with Crippen molar-refractivity contribution in [3.8, 4) is 0 Å². The quantitative estimate of drug-likeness (QED) is 0.604. The number of hydrogen-bond donors (Lipinski definition) is 0. The molecule has 1 aromatic carbocycles. The fourth-order valence-corrected chi connectivity index (χ4v) is 6.99. The molecule has 0 amide bonds. The highest BCUT2D eigenvalue weighted by Crippen LogP contribution is 2.64. The molecule has 4 atom stereocenters. The lowest BCUT2D eigenvalue weighted by Gasteiger charge is -2.38. The fraction of sp³-hybridized carbons (Fsp3) is 0.520. The smallest absolute Gasteiger partial charge is 0.147 e. The van der Waals surface area contributed by atoms with E-state index in [0.29, 0.717) is 49.4 Å². The van der Waals surface area contributed by atoms with Gasteiger partial charge in [-0.15, -0.1) is 0 Å². The molecule has 0 aromatic heterocycles. The van der Waals surface area contributed by atoms with Crippen LogP contribution in [0.2, 0.25) is 0 Å². The van der Waals surface area contributed by atoms with Crippen LogP contribution >= 0.6 is 0 Å². The number of carbonyl (C=O) groups excluding carboxylic acids is 2. The van der Waals surface area contributed by atoms with E-state index in [1.54, 1.807) is 0 Å². The topological polar surface area (TPSA) is 34.1 Å². The van der Waals surface area contributed by atoms with Gasteiger partial charge in [0.15, 0.2) is 0 Å². The maximum atomic E-state index is 13.1. The minimum absolute atomic E-state index is 0.173. The molecule has 3 fully saturated rings. The van der Waals surface area contributed by atoms with E-state index < -0.39 is 5.41 Å². The van der Waals surface area contributed by atoms with Gasteiger partial charge in [-0.05, 0) is 70.6 Å². The van der Waals surface area contributed by atoms with Gasteiger partial charge >= 0.3 is 0 Å². The minimum atomic E-state index is -0.738. The summed E-state index contributed by atoms with van der Waals surface area (Å²) in [4.78, 5) is 26.2. The lowest BCUT2D eigenvalue weighted by atomic mass is 9.62. The van der Waals surface area contributed by atoms with E-state index >= 15 is 0 Å². The average molecular weight is 358 g/mol. The monoisotopic (exact) mass is 358 g/mol. The van der Waals surface area contributed by atoms with Crippen molar-refractivity contribution in [3.05, 3.63) is 58.7 Å². The molecule has 0 N–H and O–H groups in total. The van der Waals surface area contributed by atoms with Crippen molar-refractivity contribution in [2.75, 3.05) is 0 Å². The Labute approximate surface area is 160 Å². The molecule has 2 bridgehead atoms. The predicted octanol–water partition coefficient (Wildman–Crippen LogP) is 5.11. The molecule has 6 rings (SSSR count). The Bertz CT molecular complexity index is 885. The first-order valence-corrected chi connectivity index (χ1v) is 10.5. The number of rotatable bonds is 0. The zero-order valence-corrected chi connectivity index (χ0v) is 16.1. The Balaban J connectivity index is 1.38. The summed E-state index contributed by atoms with van der Waals surface area (Å²) in [5, 5.41) is 0. The first-order valence-electron chi connectivity index (χ1n) is 10.5. The van der Waals surface area contributed by atoms with E-state index in [4.69, 9.17) is 0 Å². The minimum Gasteiger partial charge on any atom is -0.299 e. The molecule has 1 aromatic rings. The van der Waals surface area contributed by atoms with Crippen LogP contribution in [0.25, 0.3) is 0 Å². The van der Waals surface area contributed by atoms with Crippen molar-refractivity contribution >= 4 is 11.6 Å². The first kappa shape index (κ1) is 16.0. The Kier molecular flexibility index (Phi) is 2.91. The van der Waals surface area contributed by atoms with Crippen molar-refractivity contribution in [2.24, 2.45) is 22.7 Å². The van der Waals surface area contributed by atoms with Gasteiger partial charge in [0.25, 0.3) is 0 Å². The summed E-state index contributed by atoms with van der Waals surface area (Å²) in [6.07, 6.45) is 8.61. The van der Waals surface area contributed by atoms with Gasteiger partial charge in [-0.2, -0.15) is 0 Å². The van der Waals surface area contributed by atoms with Crippen LogP contribution in [0.15, 0.2) is 47.6 Å². The predicted molar refractivity (Wildman–Crippen MR) is 104 cm³/mol. The largest absolute Gasteiger partial charge is 0.299 e. The summed E-state index contributed by atoms with van der Waals surface area (Å²) in [7, 11) is 0. The van der Waals surface area contributed by atoms with E-state index in [1.165, 1.54) is 28.7 Å². The normalized spacial score (nSPS) is 37.0. The van der Waals surface area contributed by atoms with Gasteiger partial charge in [0, 0.05) is 12.8 Å². The van der Waals surface area contributed by atoms with Crippen LogP contribution in [0, 0.1) is 22.7 Å². The number of ketones is 2. The molecule has 2 nitrogen and oxygen atoms in total. The van der Waals surface area contributed by atoms with Gasteiger partial charge in [-0.1, -0.05) is 50.3 Å². The van der Waals surface area contributed by atoms with Gasteiger partial charge in [0.05, 0.1) is 5.41 Å². The van der Waals surface area contributed by atoms with Crippen molar-refractivity contribution in [1.29, 1.82) is 0 Å². The van der Waals surface area contributed by atoms with Gasteiger partial charge in [-0.3, -0.25) is 9.59 Å². The summed E-state index contributed by atoms with van der Waals surface area (Å²) < 4.78 is 0. The van der Waals surface area contributed by atoms with Crippen LogP contribution in [-0.2, 0) is 9.59 Å². The maximum absolute atomic E-state index is 13.1. The molecular formula is C25H26O2. The summed E-state index contributed by atoms with van der Waals surface area (Å²) >= 11 is 0. The molecule has 5 aliphatic rings. The second kappa shape index (κ2) is 4.90. The molecular weight excluding hydrogens is 332 g/mol. The fourth-order valence-electron chi connectivity index (χ4n) is 6.99. The van der Waals surface area contributed by atoms with Gasteiger partial charge < -0.3 is 0 Å². The van der Waals surface area contributed by atoms with Crippen LogP contribution < -0.4 is 0 Å². The van der Waals surface area contributed by atoms with Crippen LogP contribution in [0.3, 0.4) is 0 Å². The molecule has 27 heavy (non-hydrogen) atoms. The highest BCUT2D eigenvalue weighted by atomic mass is 16.2. The lowest BCUT2D eigenvalue weighted by molar-refractivity contribution is -0.147. The van der Waals surface area contributed by atoms with E-state index in [2.05, 4.69) is 50.3 Å². The third kappa shape index (κ3) is 1.97. The van der Waals surface area contributed by atoms with Crippen molar-refractivity contribution in [1.82, 2.24) is 0 Å². The lowest BCUT2D eigenvalue weighted by Crippen LogP contribution is -2.46. The Hall–Kier alpha value is -1.96. The molecule has 0 saturated heterocycles. The molecule has 0 unspecified atom stereocenters. The molecule has 0 aliphatic heterocycles. The van der Waals surface area contributed by atoms with Gasteiger partial charge in [0.2, 0.25) is 0 Å². The number of Topliss-reactive ketones (excluding diaryl/α,β-unsaturated/α-hetero) is 2. The zero-order chi connectivity index (χ0) is 18.6. The third-order valence-electron chi connectivity index (χ3n) is 8.21. The molecule has 5 aliphatic carbocycles. The van der Waals surface area contributed by atoms with E-state index in [0.717, 1.165) is 0 Å². The second-order valence-corrected chi connectivity index (χ2v) is 10.4. The maximum Gasteiger partial charge on any atom is 0.147 e. The number of hydrogen-bond acceptors (Lipinski definition) is 2. The highest BCUT2D eigenvalue weighted by Gasteiger charge is 2.57. The number of allylic oxidation sites excluding steroid dienone is 4. The zero-order valence-electron chi connectivity index (χ0n) is 16.1. The number of carbonyl (C=O) groups is 2. The van der Waals surface area contributed by atoms with Crippen LogP contribution in [0.4, 0.5) is 0 Å². The van der Waals surface area contributed by atoms with Crippen molar-refractivity contribution < 1.29 is 9.59 Å². The Morgan fingerprint density at radius 1 is 0.778 bits per heavy atom. The second-order valence-electron chi connectivity index (χ2n) is 10.4. The van der Waals surface area contributed by atoms with Gasteiger partial charge in [-0.25, -0.2) is 0 Å². The third-order valence-corrected chi connectivity index (χ3v) is 8.21. The van der Waals surface area contributed by atoms with Gasteiger partial charge in [0.1, 0.15) is 11.6 Å². The van der Waals surface area contributed by atoms with E-state index in [-0.39, 0.29) is 17.0 Å². The molecule has 2 heteroatoms. The summed E-state index contributed by atoms with van der Waals surface area (Å²) in [5.41, 5.74) is 4.78. The number of fused-ring (bicyclic) bond motifs is 9. The average Bonchev–Trinajstić information content (AvgIpc) is 3.28. The molecule has 1 spiro atoms. The van der Waals surface area contributed by atoms with Crippen LogP contribution in [0.5, 0.6) is 0 Å². The molecule has 0 radical (unpaired) electrons. The van der Waals surface area contributed by atoms with Crippen LogP contribution in [-0.4, -0.2) is 11.6 Å². The molecule has 0 heterocycles. The number of benzene rings is 1. The summed E-state index contributed by atoms with van der Waals surface area (Å²) in [6.45, 7) is 4.10. The van der Waals surface area contributed by atoms with E-state index in [9.17, 15) is 9.59 Å². The standard InChI is InChI=1S/C25H26O2/c1-24(2)12-22(26)25(23(27)13-24)10-14-7-18-19(8-15(14)11-25)21-9-20(18)16-5-3-4-6-17(16)21/h3-8,18-21H,9-13H2,1-2H3/t18-,19+,20+,21-.